The molecule has 2 rings (SSSR count). The van der Waals surface area contributed by atoms with E-state index in [1.807, 2.05) is 0 Å². The van der Waals surface area contributed by atoms with Gasteiger partial charge in [-0.15, -0.1) is 0 Å². The molecular weight excluding hydrogens is 176 g/mol. The van der Waals surface area contributed by atoms with Gasteiger partial charge in [0.25, 0.3) is 0 Å². The van der Waals surface area contributed by atoms with E-state index >= 15 is 0 Å². The SMILES string of the molecule is CCC1CCCN1C(=O)[C@H]1CCCN1. The van der Waals surface area contributed by atoms with Crippen LogP contribution >= 0.6 is 0 Å². The van der Waals surface area contributed by atoms with E-state index in [1.165, 1.54) is 12.8 Å². The molecule has 80 valence electrons. The van der Waals surface area contributed by atoms with Gasteiger partial charge in [0.15, 0.2) is 0 Å². The predicted molar refractivity (Wildman–Crippen MR) is 56.1 cm³/mol. The molecule has 2 heterocycles. The Kier molecular flexibility index (Phi) is 3.06. The molecule has 2 saturated heterocycles. The second-order valence-corrected chi connectivity index (χ2v) is 4.38. The largest absolute Gasteiger partial charge is 0.338 e. The smallest absolute Gasteiger partial charge is 0.239 e. The zero-order valence-corrected chi connectivity index (χ0v) is 8.96. The van der Waals surface area contributed by atoms with Gasteiger partial charge >= 0.3 is 0 Å². The normalized spacial score (nSPS) is 32.5. The molecule has 0 saturated carbocycles. The summed E-state index contributed by atoms with van der Waals surface area (Å²) in [6, 6.07) is 0.645. The van der Waals surface area contributed by atoms with Gasteiger partial charge in [0.1, 0.15) is 0 Å². The van der Waals surface area contributed by atoms with Crippen molar-refractivity contribution in [2.24, 2.45) is 0 Å². The summed E-state index contributed by atoms with van der Waals surface area (Å²) < 4.78 is 0. The van der Waals surface area contributed by atoms with Crippen LogP contribution in [0.4, 0.5) is 0 Å². The Balaban J connectivity index is 1.95. The van der Waals surface area contributed by atoms with Gasteiger partial charge in [-0.1, -0.05) is 6.92 Å². The number of likely N-dealkylation sites (tertiary alicyclic amines) is 1. The van der Waals surface area contributed by atoms with Crippen molar-refractivity contribution in [3.63, 3.8) is 0 Å². The van der Waals surface area contributed by atoms with Crippen LogP contribution in [0.15, 0.2) is 0 Å². The Morgan fingerprint density at radius 1 is 1.43 bits per heavy atom. The fraction of sp³-hybridized carbons (Fsp3) is 0.909. The Morgan fingerprint density at radius 3 is 2.93 bits per heavy atom. The third-order valence-corrected chi connectivity index (χ3v) is 3.49. The van der Waals surface area contributed by atoms with Gasteiger partial charge in [0.05, 0.1) is 6.04 Å². The zero-order valence-electron chi connectivity index (χ0n) is 8.96. The molecule has 1 N–H and O–H groups in total. The molecule has 2 fully saturated rings. The van der Waals surface area contributed by atoms with E-state index in [1.54, 1.807) is 0 Å². The molecule has 1 unspecified atom stereocenters. The molecule has 3 nitrogen and oxygen atoms in total. The van der Waals surface area contributed by atoms with E-state index < -0.39 is 0 Å². The second kappa shape index (κ2) is 4.30. The van der Waals surface area contributed by atoms with Crippen molar-refractivity contribution < 1.29 is 4.79 Å². The molecule has 0 aromatic carbocycles. The highest BCUT2D eigenvalue weighted by Crippen LogP contribution is 2.22. The van der Waals surface area contributed by atoms with Gasteiger partial charge in [0, 0.05) is 12.6 Å². The van der Waals surface area contributed by atoms with E-state index in [4.69, 9.17) is 0 Å². The quantitative estimate of drug-likeness (QED) is 0.718. The molecule has 0 radical (unpaired) electrons. The fourth-order valence-electron chi connectivity index (χ4n) is 2.65. The van der Waals surface area contributed by atoms with Crippen LogP contribution < -0.4 is 5.32 Å². The van der Waals surface area contributed by atoms with Crippen LogP contribution in [-0.4, -0.2) is 36.0 Å². The van der Waals surface area contributed by atoms with Crippen LogP contribution in [-0.2, 0) is 4.79 Å². The average Bonchev–Trinajstić information content (AvgIpc) is 2.87. The molecule has 2 aliphatic heterocycles. The van der Waals surface area contributed by atoms with E-state index in [0.717, 1.165) is 32.4 Å². The standard InChI is InChI=1S/C11H20N2O/c1-2-9-5-4-8-13(9)11(14)10-6-3-7-12-10/h9-10,12H,2-8H2,1H3/t9?,10-/m1/s1. The summed E-state index contributed by atoms with van der Waals surface area (Å²) in [5.41, 5.74) is 0. The predicted octanol–water partition coefficient (Wildman–Crippen LogP) is 1.14. The van der Waals surface area contributed by atoms with Crippen LogP contribution in [0.5, 0.6) is 0 Å². The van der Waals surface area contributed by atoms with Crippen molar-refractivity contribution >= 4 is 5.91 Å². The summed E-state index contributed by atoms with van der Waals surface area (Å²) in [6.07, 6.45) is 5.69. The van der Waals surface area contributed by atoms with Gasteiger partial charge in [-0.25, -0.2) is 0 Å². The molecule has 0 aromatic rings. The molecule has 0 aliphatic carbocycles. The number of hydrogen-bond acceptors (Lipinski definition) is 2. The average molecular weight is 196 g/mol. The van der Waals surface area contributed by atoms with E-state index in [9.17, 15) is 4.79 Å². The summed E-state index contributed by atoms with van der Waals surface area (Å²) in [7, 11) is 0. The van der Waals surface area contributed by atoms with Crippen LogP contribution in [0.2, 0.25) is 0 Å². The molecule has 0 spiro atoms. The number of hydrogen-bond donors (Lipinski definition) is 1. The first kappa shape index (κ1) is 9.97. The summed E-state index contributed by atoms with van der Waals surface area (Å²) in [4.78, 5) is 14.2. The van der Waals surface area contributed by atoms with Crippen molar-refractivity contribution in [1.82, 2.24) is 10.2 Å². The molecule has 2 atom stereocenters. The molecule has 0 bridgehead atoms. The summed E-state index contributed by atoms with van der Waals surface area (Å²) in [5.74, 6) is 0.354. The maximum atomic E-state index is 12.1. The van der Waals surface area contributed by atoms with Crippen LogP contribution in [0.3, 0.4) is 0 Å². The number of rotatable bonds is 2. The first-order valence-corrected chi connectivity index (χ1v) is 5.86. The minimum absolute atomic E-state index is 0.127. The molecule has 3 heteroatoms. The maximum Gasteiger partial charge on any atom is 0.239 e. The highest BCUT2D eigenvalue weighted by molar-refractivity contribution is 5.82. The minimum Gasteiger partial charge on any atom is -0.338 e. The van der Waals surface area contributed by atoms with Crippen molar-refractivity contribution in [2.45, 2.75) is 51.1 Å². The number of nitrogens with zero attached hydrogens (tertiary/aromatic N) is 1. The van der Waals surface area contributed by atoms with Crippen molar-refractivity contribution in [1.29, 1.82) is 0 Å². The molecular formula is C11H20N2O. The second-order valence-electron chi connectivity index (χ2n) is 4.38. The van der Waals surface area contributed by atoms with Crippen molar-refractivity contribution in [3.8, 4) is 0 Å². The topological polar surface area (TPSA) is 32.3 Å². The lowest BCUT2D eigenvalue weighted by Gasteiger charge is -2.26. The first-order chi connectivity index (χ1) is 6.83. The van der Waals surface area contributed by atoms with Gasteiger partial charge in [-0.2, -0.15) is 0 Å². The number of amides is 1. The van der Waals surface area contributed by atoms with Gasteiger partial charge in [-0.3, -0.25) is 4.79 Å². The van der Waals surface area contributed by atoms with Crippen molar-refractivity contribution in [3.05, 3.63) is 0 Å². The zero-order chi connectivity index (χ0) is 9.97. The van der Waals surface area contributed by atoms with Crippen LogP contribution in [0.1, 0.15) is 39.0 Å². The summed E-state index contributed by atoms with van der Waals surface area (Å²) in [5, 5.41) is 3.29. The van der Waals surface area contributed by atoms with Gasteiger partial charge in [-0.05, 0) is 38.6 Å². The monoisotopic (exact) mass is 196 g/mol. The van der Waals surface area contributed by atoms with Gasteiger partial charge in [0.2, 0.25) is 5.91 Å². The highest BCUT2D eigenvalue weighted by atomic mass is 16.2. The number of carbonyl (C=O) groups is 1. The van der Waals surface area contributed by atoms with Crippen LogP contribution in [0, 0.1) is 0 Å². The third-order valence-electron chi connectivity index (χ3n) is 3.49. The Hall–Kier alpha value is -0.570. The molecule has 14 heavy (non-hydrogen) atoms. The number of nitrogens with one attached hydrogen (secondary N) is 1. The minimum atomic E-state index is 0.127. The van der Waals surface area contributed by atoms with E-state index in [-0.39, 0.29) is 6.04 Å². The molecule has 0 aromatic heterocycles. The van der Waals surface area contributed by atoms with E-state index in [0.29, 0.717) is 11.9 Å². The lowest BCUT2D eigenvalue weighted by atomic mass is 10.1. The third kappa shape index (κ3) is 1.78. The first-order valence-electron chi connectivity index (χ1n) is 5.86. The molecule has 1 amide bonds. The Labute approximate surface area is 85.8 Å². The van der Waals surface area contributed by atoms with Crippen molar-refractivity contribution in [2.75, 3.05) is 13.1 Å². The lowest BCUT2D eigenvalue weighted by molar-refractivity contribution is -0.133. The molecule has 2 aliphatic rings. The lowest BCUT2D eigenvalue weighted by Crippen LogP contribution is -2.45. The Bertz CT molecular complexity index is 211. The summed E-state index contributed by atoms with van der Waals surface area (Å²) >= 11 is 0. The highest BCUT2D eigenvalue weighted by Gasteiger charge is 2.32. The summed E-state index contributed by atoms with van der Waals surface area (Å²) in [6.45, 7) is 4.18. The maximum absolute atomic E-state index is 12.1. The van der Waals surface area contributed by atoms with Crippen LogP contribution in [0.25, 0.3) is 0 Å². The van der Waals surface area contributed by atoms with Gasteiger partial charge < -0.3 is 10.2 Å². The van der Waals surface area contributed by atoms with E-state index in [2.05, 4.69) is 17.1 Å². The Morgan fingerprint density at radius 2 is 2.29 bits per heavy atom. The number of carbonyl (C=O) groups excluding carboxylic acids is 1. The fourth-order valence-corrected chi connectivity index (χ4v) is 2.65.